The standard InChI is InChI=1S/C46H30N2S/c1-2-13-33-30-35(29-24-31(33)12-1)47(43-21-11-23-45-46(43)39-17-6-10-22-44(39)49-45)34-27-25-32(26-28-34)36-14-3-7-18-40(36)48-41-19-8-4-15-37(41)38-16-5-9-20-42(38)48/h1-30H. The molecule has 0 radical (unpaired) electrons. The topological polar surface area (TPSA) is 8.17 Å². The molecule has 2 nitrogen and oxygen atoms in total. The molecule has 0 bridgehead atoms. The lowest BCUT2D eigenvalue weighted by molar-refractivity contribution is 1.18. The highest BCUT2D eigenvalue weighted by Crippen LogP contribution is 2.46. The molecule has 10 rings (SSSR count). The first-order chi connectivity index (χ1) is 24.3. The summed E-state index contributed by atoms with van der Waals surface area (Å²) in [5, 5.41) is 7.58. The lowest BCUT2D eigenvalue weighted by Gasteiger charge is -2.27. The lowest BCUT2D eigenvalue weighted by atomic mass is 10.0. The number of anilines is 3. The third-order valence-corrected chi connectivity index (χ3v) is 10.9. The first kappa shape index (κ1) is 27.9. The summed E-state index contributed by atoms with van der Waals surface area (Å²) in [5.41, 5.74) is 9.42. The number of aromatic nitrogens is 1. The third kappa shape index (κ3) is 4.47. The number of hydrogen-bond acceptors (Lipinski definition) is 2. The molecule has 0 atom stereocenters. The molecule has 49 heavy (non-hydrogen) atoms. The molecule has 230 valence electrons. The predicted molar refractivity (Wildman–Crippen MR) is 211 cm³/mol. The van der Waals surface area contributed by atoms with E-state index in [1.54, 1.807) is 0 Å². The number of fused-ring (bicyclic) bond motifs is 7. The second-order valence-corrected chi connectivity index (χ2v) is 13.6. The van der Waals surface area contributed by atoms with E-state index in [9.17, 15) is 0 Å². The van der Waals surface area contributed by atoms with E-state index in [1.807, 2.05) is 11.3 Å². The van der Waals surface area contributed by atoms with Gasteiger partial charge in [-0.2, -0.15) is 0 Å². The van der Waals surface area contributed by atoms with Gasteiger partial charge in [0, 0.05) is 47.9 Å². The van der Waals surface area contributed by atoms with E-state index in [0.29, 0.717) is 0 Å². The molecule has 0 N–H and O–H groups in total. The minimum absolute atomic E-state index is 1.12. The van der Waals surface area contributed by atoms with Gasteiger partial charge in [-0.25, -0.2) is 0 Å². The molecule has 8 aromatic carbocycles. The summed E-state index contributed by atoms with van der Waals surface area (Å²) >= 11 is 1.86. The number of thiophene rings is 1. The second kappa shape index (κ2) is 11.2. The van der Waals surface area contributed by atoms with Gasteiger partial charge >= 0.3 is 0 Å². The van der Waals surface area contributed by atoms with E-state index >= 15 is 0 Å². The maximum absolute atomic E-state index is 2.43. The molecule has 0 unspecified atom stereocenters. The number of rotatable bonds is 5. The molecule has 2 aromatic heterocycles. The molecule has 0 aliphatic heterocycles. The summed E-state index contributed by atoms with van der Waals surface area (Å²) in [7, 11) is 0. The van der Waals surface area contributed by atoms with E-state index in [1.165, 1.54) is 75.3 Å². The fourth-order valence-corrected chi connectivity index (χ4v) is 8.70. The van der Waals surface area contributed by atoms with Crippen LogP contribution in [-0.4, -0.2) is 4.57 Å². The molecular formula is C46H30N2S. The maximum Gasteiger partial charge on any atom is 0.0554 e. The van der Waals surface area contributed by atoms with Gasteiger partial charge in [-0.05, 0) is 77.0 Å². The van der Waals surface area contributed by atoms with Crippen molar-refractivity contribution in [2.75, 3.05) is 4.90 Å². The summed E-state index contributed by atoms with van der Waals surface area (Å²) in [4.78, 5) is 2.43. The number of hydrogen-bond donors (Lipinski definition) is 0. The summed E-state index contributed by atoms with van der Waals surface area (Å²) in [6.45, 7) is 0. The summed E-state index contributed by atoms with van der Waals surface area (Å²) in [6.07, 6.45) is 0. The molecule has 0 amide bonds. The highest BCUT2D eigenvalue weighted by molar-refractivity contribution is 7.26. The van der Waals surface area contributed by atoms with Gasteiger partial charge in [0.15, 0.2) is 0 Å². The van der Waals surface area contributed by atoms with Crippen LogP contribution in [0.4, 0.5) is 17.1 Å². The van der Waals surface area contributed by atoms with Crippen LogP contribution in [0, 0.1) is 0 Å². The van der Waals surface area contributed by atoms with Gasteiger partial charge < -0.3 is 9.47 Å². The smallest absolute Gasteiger partial charge is 0.0554 e. The van der Waals surface area contributed by atoms with Crippen LogP contribution >= 0.6 is 11.3 Å². The van der Waals surface area contributed by atoms with Crippen molar-refractivity contribution in [2.24, 2.45) is 0 Å². The molecule has 0 fully saturated rings. The first-order valence-electron chi connectivity index (χ1n) is 16.7. The average Bonchev–Trinajstić information content (AvgIpc) is 3.72. The Morgan fingerprint density at radius 2 is 1.04 bits per heavy atom. The zero-order chi connectivity index (χ0) is 32.3. The lowest BCUT2D eigenvalue weighted by Crippen LogP contribution is -2.10. The fourth-order valence-electron chi connectivity index (χ4n) is 7.57. The van der Waals surface area contributed by atoms with Crippen LogP contribution in [0.25, 0.3) is 69.6 Å². The Hall–Kier alpha value is -6.16. The van der Waals surface area contributed by atoms with Crippen molar-refractivity contribution in [1.29, 1.82) is 0 Å². The maximum atomic E-state index is 2.43. The SMILES string of the molecule is c1ccc(-n2c3ccccc3c3ccccc32)c(-c2ccc(N(c3ccc4ccccc4c3)c3cccc4sc5ccccc5c34)cc2)c1. The monoisotopic (exact) mass is 642 g/mol. The number of para-hydroxylation sites is 3. The van der Waals surface area contributed by atoms with E-state index in [4.69, 9.17) is 0 Å². The van der Waals surface area contributed by atoms with E-state index in [-0.39, 0.29) is 0 Å². The third-order valence-electron chi connectivity index (χ3n) is 9.77. The minimum atomic E-state index is 1.12. The molecule has 0 spiro atoms. The highest BCUT2D eigenvalue weighted by Gasteiger charge is 2.20. The molecule has 3 heteroatoms. The summed E-state index contributed by atoms with van der Waals surface area (Å²) in [5.74, 6) is 0. The molecule has 10 aromatic rings. The van der Waals surface area contributed by atoms with Crippen LogP contribution in [0.5, 0.6) is 0 Å². The Morgan fingerprint density at radius 1 is 0.429 bits per heavy atom. The molecular weight excluding hydrogens is 613 g/mol. The Bertz CT molecular complexity index is 2790. The van der Waals surface area contributed by atoms with Crippen molar-refractivity contribution in [3.05, 3.63) is 182 Å². The molecule has 0 aliphatic carbocycles. The van der Waals surface area contributed by atoms with Crippen molar-refractivity contribution in [3.63, 3.8) is 0 Å². The van der Waals surface area contributed by atoms with Crippen LogP contribution in [0.1, 0.15) is 0 Å². The van der Waals surface area contributed by atoms with E-state index in [0.717, 1.165) is 11.4 Å². The van der Waals surface area contributed by atoms with Gasteiger partial charge in [0.1, 0.15) is 0 Å². The molecule has 0 aliphatic rings. The zero-order valence-corrected chi connectivity index (χ0v) is 27.4. The van der Waals surface area contributed by atoms with Crippen LogP contribution in [0.2, 0.25) is 0 Å². The molecule has 0 saturated heterocycles. The van der Waals surface area contributed by atoms with Gasteiger partial charge in [-0.15, -0.1) is 11.3 Å². The van der Waals surface area contributed by atoms with Crippen LogP contribution < -0.4 is 4.90 Å². The van der Waals surface area contributed by atoms with Gasteiger partial charge in [-0.3, -0.25) is 0 Å². The minimum Gasteiger partial charge on any atom is -0.310 e. The summed E-state index contributed by atoms with van der Waals surface area (Å²) < 4.78 is 5.01. The largest absolute Gasteiger partial charge is 0.310 e. The van der Waals surface area contributed by atoms with E-state index in [2.05, 4.69) is 191 Å². The highest BCUT2D eigenvalue weighted by atomic mass is 32.1. The quantitative estimate of drug-likeness (QED) is 0.181. The van der Waals surface area contributed by atoms with E-state index < -0.39 is 0 Å². The molecule has 0 saturated carbocycles. The van der Waals surface area contributed by atoms with Crippen molar-refractivity contribution in [3.8, 4) is 16.8 Å². The summed E-state index contributed by atoms with van der Waals surface area (Å²) in [6, 6.07) is 66.2. The van der Waals surface area contributed by atoms with Gasteiger partial charge in [0.05, 0.1) is 22.4 Å². The normalized spacial score (nSPS) is 11.7. The Kier molecular flexibility index (Phi) is 6.39. The van der Waals surface area contributed by atoms with Gasteiger partial charge in [0.2, 0.25) is 0 Å². The number of nitrogens with zero attached hydrogens (tertiary/aromatic N) is 2. The Morgan fingerprint density at radius 3 is 1.84 bits per heavy atom. The van der Waals surface area contributed by atoms with Gasteiger partial charge in [-0.1, -0.05) is 121 Å². The van der Waals surface area contributed by atoms with Gasteiger partial charge in [0.25, 0.3) is 0 Å². The van der Waals surface area contributed by atoms with Crippen molar-refractivity contribution in [2.45, 2.75) is 0 Å². The van der Waals surface area contributed by atoms with Crippen LogP contribution in [0.15, 0.2) is 182 Å². The van der Waals surface area contributed by atoms with Crippen LogP contribution in [-0.2, 0) is 0 Å². The second-order valence-electron chi connectivity index (χ2n) is 12.5. The molecule has 2 heterocycles. The van der Waals surface area contributed by atoms with Crippen LogP contribution in [0.3, 0.4) is 0 Å². The van der Waals surface area contributed by atoms with Crippen molar-refractivity contribution < 1.29 is 0 Å². The van der Waals surface area contributed by atoms with Crippen molar-refractivity contribution in [1.82, 2.24) is 4.57 Å². The predicted octanol–water partition coefficient (Wildman–Crippen LogP) is 13.4. The fraction of sp³-hybridized carbons (Fsp3) is 0. The zero-order valence-electron chi connectivity index (χ0n) is 26.6. The van der Waals surface area contributed by atoms with Crippen molar-refractivity contribution >= 4 is 81.1 Å². The Labute approximate surface area is 288 Å². The average molecular weight is 643 g/mol. The number of benzene rings is 8. The first-order valence-corrected chi connectivity index (χ1v) is 17.5. The Balaban J connectivity index is 1.16.